The Morgan fingerprint density at radius 1 is 1.73 bits per heavy atom. The molecule has 1 rings (SSSR count). The van der Waals surface area contributed by atoms with Gasteiger partial charge in [-0.05, 0) is 0 Å². The van der Waals surface area contributed by atoms with Crippen molar-refractivity contribution in [3.05, 3.63) is 0 Å². The predicted molar refractivity (Wildman–Crippen MR) is 43.7 cm³/mol. The second kappa shape index (κ2) is 5.40. The second-order valence-electron chi connectivity index (χ2n) is 2.22. The van der Waals surface area contributed by atoms with E-state index in [0.29, 0.717) is 6.54 Å². The van der Waals surface area contributed by atoms with Crippen LogP contribution in [0.25, 0.3) is 0 Å². The first-order chi connectivity index (χ1) is 5.43. The molecule has 1 N–H and O–H groups in total. The van der Waals surface area contributed by atoms with Gasteiger partial charge in [0.2, 0.25) is 0 Å². The number of amides is 1. The Hall–Kier alpha value is -0.260. The largest absolute Gasteiger partial charge is 0.347 e. The van der Waals surface area contributed by atoms with Gasteiger partial charge in [0.15, 0.2) is 0 Å². The van der Waals surface area contributed by atoms with Crippen molar-refractivity contribution in [1.82, 2.24) is 10.2 Å². The lowest BCUT2D eigenvalue weighted by atomic mass is 10.5. The zero-order valence-corrected chi connectivity index (χ0v) is 7.02. The fourth-order valence-electron chi connectivity index (χ4n) is 0.843. The number of hydrogen-bond donors (Lipinski definition) is 1. The van der Waals surface area contributed by atoms with Crippen molar-refractivity contribution in [3.8, 4) is 0 Å². The first-order valence-electron chi connectivity index (χ1n) is 3.50. The zero-order chi connectivity index (χ0) is 7.94. The average molecular weight is 175 g/mol. The summed E-state index contributed by atoms with van der Waals surface area (Å²) >= 11 is 1.46. The van der Waals surface area contributed by atoms with Gasteiger partial charge in [0.25, 0.3) is 0 Å². The van der Waals surface area contributed by atoms with Crippen LogP contribution in [0.15, 0.2) is 0 Å². The summed E-state index contributed by atoms with van der Waals surface area (Å²) in [5.41, 5.74) is 0. The first-order valence-corrected chi connectivity index (χ1v) is 4.41. The van der Waals surface area contributed by atoms with Crippen LogP contribution in [0.1, 0.15) is 0 Å². The van der Waals surface area contributed by atoms with Gasteiger partial charge in [-0.1, -0.05) is 0 Å². The number of carbonyl (C=O) groups excluding carboxylic acids is 1. The van der Waals surface area contributed by atoms with Crippen LogP contribution in [0, 0.1) is 0 Å². The molecule has 1 heterocycles. The van der Waals surface area contributed by atoms with E-state index < -0.39 is 0 Å². The van der Waals surface area contributed by atoms with E-state index in [2.05, 4.69) is 10.2 Å². The minimum Gasteiger partial charge on any atom is -0.347 e. The van der Waals surface area contributed by atoms with Crippen molar-refractivity contribution in [2.75, 3.05) is 32.1 Å². The fourth-order valence-corrected chi connectivity index (χ4v) is 1.52. The highest BCUT2D eigenvalue weighted by Crippen LogP contribution is 2.10. The maximum absolute atomic E-state index is 9.76. The summed E-state index contributed by atoms with van der Waals surface area (Å²) in [5.74, 6) is 0.889. The van der Waals surface area contributed by atoms with Crippen LogP contribution in [0.3, 0.4) is 0 Å². The molecule has 63 valence electrons. The third-order valence-electron chi connectivity index (χ3n) is 1.43. The van der Waals surface area contributed by atoms with Crippen LogP contribution in [-0.4, -0.2) is 43.4 Å². The molecule has 1 aliphatic heterocycles. The minimum absolute atomic E-state index is 0.671. The summed E-state index contributed by atoms with van der Waals surface area (Å²) in [6.07, 6.45) is 1.64. The lowest BCUT2D eigenvalue weighted by Gasteiger charge is -2.24. The number of hydrogen-bond acceptors (Lipinski definition) is 4. The summed E-state index contributed by atoms with van der Waals surface area (Å²) < 4.78 is 5.08. The molecule has 0 unspecified atom stereocenters. The van der Waals surface area contributed by atoms with E-state index >= 15 is 0 Å². The normalized spacial score (nSPS) is 19.6. The Bertz CT molecular complexity index is 117. The summed E-state index contributed by atoms with van der Waals surface area (Å²) in [6, 6.07) is 0. The maximum Gasteiger partial charge on any atom is 0.309 e. The van der Waals surface area contributed by atoms with Crippen molar-refractivity contribution < 1.29 is 8.98 Å². The summed E-state index contributed by atoms with van der Waals surface area (Å²) in [4.78, 5) is 12.0. The quantitative estimate of drug-likeness (QED) is 0.358. The Labute approximate surface area is 70.5 Å². The third kappa shape index (κ3) is 3.60. The van der Waals surface area contributed by atoms with Gasteiger partial charge in [0.1, 0.15) is 0 Å². The summed E-state index contributed by atoms with van der Waals surface area (Å²) in [6.45, 7) is 3.28. The fraction of sp³-hybridized carbons (Fsp3) is 0.833. The predicted octanol–water partition coefficient (Wildman–Crippen LogP) is -0.419. The van der Waals surface area contributed by atoms with Crippen LogP contribution in [0.5, 0.6) is 0 Å². The van der Waals surface area contributed by atoms with Crippen LogP contribution in [-0.2, 0) is 8.98 Å². The highest BCUT2D eigenvalue weighted by atomic mass is 32.2. The van der Waals surface area contributed by atoms with Crippen LogP contribution >= 0.6 is 12.0 Å². The van der Waals surface area contributed by atoms with Gasteiger partial charge in [0.05, 0.1) is 12.5 Å². The molecule has 5 heteroatoms. The van der Waals surface area contributed by atoms with E-state index in [1.54, 1.807) is 6.41 Å². The van der Waals surface area contributed by atoms with Gasteiger partial charge in [-0.2, -0.15) is 0 Å². The highest BCUT2D eigenvalue weighted by molar-refractivity contribution is 7.94. The molecule has 0 aromatic rings. The van der Waals surface area contributed by atoms with E-state index in [1.165, 1.54) is 12.0 Å². The SMILES string of the molecule is O=[C]NCCN1CCOSC1. The second-order valence-corrected chi connectivity index (χ2v) is 2.95. The van der Waals surface area contributed by atoms with E-state index in [9.17, 15) is 4.79 Å². The van der Waals surface area contributed by atoms with Crippen LogP contribution < -0.4 is 5.32 Å². The number of rotatable bonds is 4. The smallest absolute Gasteiger partial charge is 0.309 e. The van der Waals surface area contributed by atoms with Gasteiger partial charge in [-0.3, -0.25) is 9.69 Å². The molecule has 4 nitrogen and oxygen atoms in total. The summed E-state index contributed by atoms with van der Waals surface area (Å²) in [5, 5.41) is 2.50. The van der Waals surface area contributed by atoms with E-state index in [0.717, 1.165) is 25.6 Å². The molecule has 0 aromatic carbocycles. The zero-order valence-electron chi connectivity index (χ0n) is 6.21. The van der Waals surface area contributed by atoms with E-state index in [4.69, 9.17) is 4.18 Å². The molecule has 1 radical (unpaired) electrons. The topological polar surface area (TPSA) is 41.6 Å². The first kappa shape index (κ1) is 8.83. The van der Waals surface area contributed by atoms with Crippen molar-refractivity contribution in [3.63, 3.8) is 0 Å². The molecular formula is C6H11N2O2S. The Balaban J connectivity index is 2.00. The maximum atomic E-state index is 9.76. The van der Waals surface area contributed by atoms with Gasteiger partial charge in [-0.25, -0.2) is 0 Å². The van der Waals surface area contributed by atoms with Crippen molar-refractivity contribution >= 4 is 18.5 Å². The van der Waals surface area contributed by atoms with Gasteiger partial charge in [-0.15, -0.1) is 0 Å². The van der Waals surface area contributed by atoms with Crippen molar-refractivity contribution in [2.45, 2.75) is 0 Å². The average Bonchev–Trinajstić information content (AvgIpc) is 2.07. The molecule has 1 aliphatic rings. The van der Waals surface area contributed by atoms with Gasteiger partial charge >= 0.3 is 6.41 Å². The molecule has 11 heavy (non-hydrogen) atoms. The molecule has 0 spiro atoms. The van der Waals surface area contributed by atoms with Gasteiger partial charge in [0, 0.05) is 31.7 Å². The van der Waals surface area contributed by atoms with Crippen molar-refractivity contribution in [1.29, 1.82) is 0 Å². The Kier molecular flexibility index (Phi) is 4.33. The third-order valence-corrected chi connectivity index (χ3v) is 2.24. The molecule has 0 aromatic heterocycles. The standard InChI is InChI=1S/C6H11N2O2S/c9-5-7-1-2-8-3-4-10-11-6-8/h1-4,6H2,(H,7,9). The minimum atomic E-state index is 0.671. The molecule has 0 aliphatic carbocycles. The lowest BCUT2D eigenvalue weighted by Crippen LogP contribution is -2.36. The van der Waals surface area contributed by atoms with Crippen LogP contribution in [0.4, 0.5) is 0 Å². The highest BCUT2D eigenvalue weighted by Gasteiger charge is 2.09. The van der Waals surface area contributed by atoms with E-state index in [1.807, 2.05) is 0 Å². The van der Waals surface area contributed by atoms with Crippen LogP contribution in [0.2, 0.25) is 0 Å². The van der Waals surface area contributed by atoms with E-state index in [-0.39, 0.29) is 0 Å². The Morgan fingerprint density at radius 3 is 3.27 bits per heavy atom. The molecule has 0 saturated carbocycles. The number of nitrogens with one attached hydrogen (secondary N) is 1. The molecule has 1 saturated heterocycles. The molecular weight excluding hydrogens is 164 g/mol. The van der Waals surface area contributed by atoms with Crippen molar-refractivity contribution in [2.24, 2.45) is 0 Å². The Morgan fingerprint density at radius 2 is 2.64 bits per heavy atom. The molecule has 0 atom stereocenters. The monoisotopic (exact) mass is 175 g/mol. The molecule has 1 fully saturated rings. The summed E-state index contributed by atoms with van der Waals surface area (Å²) in [7, 11) is 0. The molecule has 0 bridgehead atoms. The number of nitrogens with zero attached hydrogens (tertiary/aromatic N) is 1. The van der Waals surface area contributed by atoms with Gasteiger partial charge < -0.3 is 9.50 Å². The lowest BCUT2D eigenvalue weighted by molar-refractivity contribution is 0.224. The molecule has 1 amide bonds.